The zero-order valence-electron chi connectivity index (χ0n) is 10.9. The lowest BCUT2D eigenvalue weighted by molar-refractivity contribution is 0.246. The summed E-state index contributed by atoms with van der Waals surface area (Å²) in [5.74, 6) is 1.52. The van der Waals surface area contributed by atoms with Gasteiger partial charge in [0.25, 0.3) is 0 Å². The van der Waals surface area contributed by atoms with E-state index in [-0.39, 0.29) is 0 Å². The molecule has 2 aromatic rings. The van der Waals surface area contributed by atoms with E-state index in [1.165, 1.54) is 0 Å². The van der Waals surface area contributed by atoms with Crippen LogP contribution in [0.25, 0.3) is 0 Å². The molecule has 0 aliphatic heterocycles. The fourth-order valence-corrected chi connectivity index (χ4v) is 2.21. The third-order valence-corrected chi connectivity index (χ3v) is 3.54. The molecule has 0 aromatic heterocycles. The van der Waals surface area contributed by atoms with Gasteiger partial charge in [0.2, 0.25) is 0 Å². The Hall–Kier alpha value is -1.74. The van der Waals surface area contributed by atoms with Crippen LogP contribution in [0, 0.1) is 14.9 Å². The van der Waals surface area contributed by atoms with Gasteiger partial charge in [0.1, 0.15) is 17.6 Å². The van der Waals surface area contributed by atoms with Crippen molar-refractivity contribution in [2.75, 3.05) is 13.2 Å². The fraction of sp³-hybridized carbons (Fsp3) is 0.188. The highest BCUT2D eigenvalue weighted by Crippen LogP contribution is 2.20. The van der Waals surface area contributed by atoms with Crippen LogP contribution in [0.5, 0.6) is 11.5 Å². The highest BCUT2D eigenvalue weighted by Gasteiger charge is 2.02. The minimum absolute atomic E-state index is 0.530. The number of nitrogens with zero attached hydrogens (tertiary/aromatic N) is 1. The van der Waals surface area contributed by atoms with Crippen LogP contribution >= 0.6 is 22.6 Å². The zero-order chi connectivity index (χ0) is 14.2. The second-order valence-corrected chi connectivity index (χ2v) is 5.25. The second kappa shape index (κ2) is 7.75. The van der Waals surface area contributed by atoms with Crippen LogP contribution in [0.4, 0.5) is 0 Å². The average molecular weight is 379 g/mol. The van der Waals surface area contributed by atoms with Crippen LogP contribution < -0.4 is 9.47 Å². The van der Waals surface area contributed by atoms with Crippen LogP contribution in [-0.2, 0) is 0 Å². The maximum atomic E-state index is 8.94. The zero-order valence-corrected chi connectivity index (χ0v) is 13.0. The van der Waals surface area contributed by atoms with Gasteiger partial charge in [0.05, 0.1) is 22.3 Å². The molecule has 2 aromatic carbocycles. The van der Waals surface area contributed by atoms with Gasteiger partial charge in [-0.2, -0.15) is 5.26 Å². The molecule has 0 radical (unpaired) electrons. The highest BCUT2D eigenvalue weighted by molar-refractivity contribution is 14.1. The van der Waals surface area contributed by atoms with Gasteiger partial charge in [-0.3, -0.25) is 0 Å². The lowest BCUT2D eigenvalue weighted by Crippen LogP contribution is -2.06. The fourth-order valence-electron chi connectivity index (χ4n) is 1.67. The molecule has 0 unspecified atom stereocenters. The average Bonchev–Trinajstić information content (AvgIpc) is 2.49. The molecule has 0 saturated heterocycles. The van der Waals surface area contributed by atoms with Crippen LogP contribution in [0.15, 0.2) is 48.5 Å². The van der Waals surface area contributed by atoms with Crippen LogP contribution in [0.1, 0.15) is 12.0 Å². The first-order valence-corrected chi connectivity index (χ1v) is 7.38. The van der Waals surface area contributed by atoms with Crippen LogP contribution in [-0.4, -0.2) is 13.2 Å². The Bertz CT molecular complexity index is 607. The predicted octanol–water partition coefficient (Wildman–Crippen LogP) is 4.01. The molecule has 2 rings (SSSR count). The molecule has 0 saturated carbocycles. The van der Waals surface area contributed by atoms with Gasteiger partial charge >= 0.3 is 0 Å². The van der Waals surface area contributed by atoms with Crippen molar-refractivity contribution < 1.29 is 9.47 Å². The summed E-state index contributed by atoms with van der Waals surface area (Å²) in [7, 11) is 0. The number of halogens is 1. The van der Waals surface area contributed by atoms with Crippen molar-refractivity contribution in [1.82, 2.24) is 0 Å². The van der Waals surface area contributed by atoms with Crippen molar-refractivity contribution in [3.8, 4) is 17.6 Å². The predicted molar refractivity (Wildman–Crippen MR) is 85.9 cm³/mol. The molecule has 20 heavy (non-hydrogen) atoms. The summed E-state index contributed by atoms with van der Waals surface area (Å²) in [6.07, 6.45) is 0.769. The normalized spacial score (nSPS) is 9.80. The van der Waals surface area contributed by atoms with Gasteiger partial charge in [-0.25, -0.2) is 0 Å². The highest BCUT2D eigenvalue weighted by atomic mass is 127. The molecule has 0 spiro atoms. The number of para-hydroxylation sites is 2. The maximum absolute atomic E-state index is 8.94. The second-order valence-electron chi connectivity index (χ2n) is 4.09. The van der Waals surface area contributed by atoms with Gasteiger partial charge in [-0.1, -0.05) is 24.3 Å². The molecule has 0 fully saturated rings. The number of hydrogen-bond acceptors (Lipinski definition) is 3. The van der Waals surface area contributed by atoms with Crippen molar-refractivity contribution in [3.05, 3.63) is 57.7 Å². The molecule has 102 valence electrons. The third kappa shape index (κ3) is 4.14. The quantitative estimate of drug-likeness (QED) is 0.563. The SMILES string of the molecule is N#Cc1ccccc1OCCCOc1ccccc1I. The van der Waals surface area contributed by atoms with Crippen molar-refractivity contribution in [1.29, 1.82) is 5.26 Å². The Morgan fingerprint density at radius 2 is 1.50 bits per heavy atom. The lowest BCUT2D eigenvalue weighted by atomic mass is 10.2. The number of benzene rings is 2. The summed E-state index contributed by atoms with van der Waals surface area (Å²) in [6, 6.07) is 17.3. The van der Waals surface area contributed by atoms with E-state index in [0.717, 1.165) is 15.7 Å². The van der Waals surface area contributed by atoms with Gasteiger partial charge in [-0.05, 0) is 46.9 Å². The number of rotatable bonds is 6. The topological polar surface area (TPSA) is 42.2 Å². The first-order chi connectivity index (χ1) is 9.81. The number of nitriles is 1. The molecule has 0 atom stereocenters. The summed E-state index contributed by atoms with van der Waals surface area (Å²) >= 11 is 2.25. The van der Waals surface area contributed by atoms with Crippen molar-refractivity contribution in [3.63, 3.8) is 0 Å². The third-order valence-electron chi connectivity index (χ3n) is 2.65. The molecule has 0 amide bonds. The monoisotopic (exact) mass is 379 g/mol. The van der Waals surface area contributed by atoms with E-state index in [1.54, 1.807) is 12.1 Å². The van der Waals surface area contributed by atoms with Crippen molar-refractivity contribution in [2.24, 2.45) is 0 Å². The minimum Gasteiger partial charge on any atom is -0.492 e. The van der Waals surface area contributed by atoms with Crippen molar-refractivity contribution >= 4 is 22.6 Å². The number of ether oxygens (including phenoxy) is 2. The van der Waals surface area contributed by atoms with E-state index in [4.69, 9.17) is 14.7 Å². The Kier molecular flexibility index (Phi) is 5.69. The van der Waals surface area contributed by atoms with E-state index in [9.17, 15) is 0 Å². The summed E-state index contributed by atoms with van der Waals surface area (Å²) < 4.78 is 12.4. The molecule has 0 aliphatic rings. The molecule has 0 N–H and O–H groups in total. The molecule has 0 aliphatic carbocycles. The van der Waals surface area contributed by atoms with E-state index < -0.39 is 0 Å². The van der Waals surface area contributed by atoms with E-state index in [1.807, 2.05) is 36.4 Å². The van der Waals surface area contributed by atoms with Crippen LogP contribution in [0.3, 0.4) is 0 Å². The molecule has 0 heterocycles. The first kappa shape index (κ1) is 14.7. The number of hydrogen-bond donors (Lipinski definition) is 0. The van der Waals surface area contributed by atoms with Gasteiger partial charge in [-0.15, -0.1) is 0 Å². The Labute approximate surface area is 132 Å². The molecule has 0 bridgehead atoms. The standard InChI is InChI=1S/C16H14INO2/c17-14-7-2-4-9-16(14)20-11-5-10-19-15-8-3-1-6-13(15)12-18/h1-4,6-9H,5,10-11H2. The van der Waals surface area contributed by atoms with Crippen molar-refractivity contribution in [2.45, 2.75) is 6.42 Å². The minimum atomic E-state index is 0.530. The first-order valence-electron chi connectivity index (χ1n) is 6.30. The summed E-state index contributed by atoms with van der Waals surface area (Å²) in [5.41, 5.74) is 0.561. The Balaban J connectivity index is 1.75. The Morgan fingerprint density at radius 1 is 0.900 bits per heavy atom. The summed E-state index contributed by atoms with van der Waals surface area (Å²) in [6.45, 7) is 1.12. The molecular weight excluding hydrogens is 365 g/mol. The maximum Gasteiger partial charge on any atom is 0.137 e. The van der Waals surface area contributed by atoms with Gasteiger partial charge in [0.15, 0.2) is 0 Å². The Morgan fingerprint density at radius 3 is 2.20 bits per heavy atom. The summed E-state index contributed by atoms with van der Waals surface area (Å²) in [4.78, 5) is 0. The van der Waals surface area contributed by atoms with E-state index >= 15 is 0 Å². The van der Waals surface area contributed by atoms with Crippen LogP contribution in [0.2, 0.25) is 0 Å². The van der Waals surface area contributed by atoms with E-state index in [0.29, 0.717) is 24.5 Å². The molecular formula is C16H14INO2. The van der Waals surface area contributed by atoms with Gasteiger partial charge in [0, 0.05) is 6.42 Å². The molecule has 4 heteroatoms. The summed E-state index contributed by atoms with van der Waals surface area (Å²) in [5, 5.41) is 8.94. The van der Waals surface area contributed by atoms with Gasteiger partial charge < -0.3 is 9.47 Å². The smallest absolute Gasteiger partial charge is 0.137 e. The molecule has 3 nitrogen and oxygen atoms in total. The van der Waals surface area contributed by atoms with E-state index in [2.05, 4.69) is 28.7 Å². The largest absolute Gasteiger partial charge is 0.492 e. The lowest BCUT2D eigenvalue weighted by Gasteiger charge is -2.09.